The first-order valence-corrected chi connectivity index (χ1v) is 9.31. The van der Waals surface area contributed by atoms with Gasteiger partial charge in [0.05, 0.1) is 23.0 Å². The molecule has 1 N–H and O–H groups in total. The number of fused-ring (bicyclic) bond motifs is 1. The summed E-state index contributed by atoms with van der Waals surface area (Å²) >= 11 is 0. The molecule has 0 unspecified atom stereocenters. The molecule has 1 aliphatic rings. The first-order chi connectivity index (χ1) is 13.2. The zero-order chi connectivity index (χ0) is 18.8. The van der Waals surface area contributed by atoms with E-state index in [0.717, 1.165) is 48.6 Å². The van der Waals surface area contributed by atoms with Crippen molar-refractivity contribution in [3.05, 3.63) is 59.7 Å². The monoisotopic (exact) mass is 357 g/mol. The van der Waals surface area contributed by atoms with E-state index in [1.165, 1.54) is 11.3 Å². The van der Waals surface area contributed by atoms with Crippen molar-refractivity contribution in [2.24, 2.45) is 0 Å². The van der Waals surface area contributed by atoms with Crippen molar-refractivity contribution in [1.82, 2.24) is 9.78 Å². The van der Waals surface area contributed by atoms with Crippen LogP contribution in [0.5, 0.6) is 0 Å². The largest absolute Gasteiger partial charge is 0.378 e. The van der Waals surface area contributed by atoms with E-state index in [9.17, 15) is 0 Å². The summed E-state index contributed by atoms with van der Waals surface area (Å²) < 4.78 is 1.98. The molecule has 1 aliphatic heterocycles. The van der Waals surface area contributed by atoms with Crippen molar-refractivity contribution in [3.63, 3.8) is 0 Å². The normalized spacial score (nSPS) is 13.2. The van der Waals surface area contributed by atoms with Crippen LogP contribution < -0.4 is 10.2 Å². The van der Waals surface area contributed by atoms with Gasteiger partial charge in [0.1, 0.15) is 5.82 Å². The van der Waals surface area contributed by atoms with Gasteiger partial charge in [-0.25, -0.2) is 4.68 Å². The lowest BCUT2D eigenvalue weighted by Gasteiger charge is -2.12. The van der Waals surface area contributed by atoms with Gasteiger partial charge in [0.15, 0.2) is 0 Å². The molecule has 0 aliphatic carbocycles. The second-order valence-corrected chi connectivity index (χ2v) is 7.07. The number of hydrogen-bond acceptors (Lipinski definition) is 4. The predicted octanol–water partition coefficient (Wildman–Crippen LogP) is 4.23. The standard InChI is InChI=1S/C22H23N5/c1-26(2)18-12-8-17(9-13-18)21-20-5-3-4-14-24-22(20)27(25-21)19-10-6-16(15-23)7-11-19/h6-13,24H,3-5,14H2,1-2H3. The van der Waals surface area contributed by atoms with E-state index < -0.39 is 0 Å². The number of nitrogens with one attached hydrogen (secondary N) is 1. The fourth-order valence-corrected chi connectivity index (χ4v) is 3.52. The minimum Gasteiger partial charge on any atom is -0.378 e. The molecular formula is C22H23N5. The average Bonchev–Trinajstić information content (AvgIpc) is 2.89. The SMILES string of the molecule is CN(C)c1ccc(-c2nn(-c3ccc(C#N)cc3)c3c2CCCCN3)cc1. The Hall–Kier alpha value is -3.26. The van der Waals surface area contributed by atoms with E-state index in [1.54, 1.807) is 0 Å². The summed E-state index contributed by atoms with van der Waals surface area (Å²) in [4.78, 5) is 2.10. The number of nitriles is 1. The lowest BCUT2D eigenvalue weighted by Crippen LogP contribution is -2.08. The molecule has 0 saturated heterocycles. The molecule has 136 valence electrons. The minimum absolute atomic E-state index is 0.657. The molecular weight excluding hydrogens is 334 g/mol. The molecule has 0 radical (unpaired) electrons. The fraction of sp³-hybridized carbons (Fsp3) is 0.273. The third-order valence-electron chi connectivity index (χ3n) is 5.03. The quantitative estimate of drug-likeness (QED) is 0.762. The van der Waals surface area contributed by atoms with Crippen LogP contribution in [0.25, 0.3) is 16.9 Å². The predicted molar refractivity (Wildman–Crippen MR) is 109 cm³/mol. The summed E-state index contributed by atoms with van der Waals surface area (Å²) in [6.45, 7) is 0.952. The number of hydrogen-bond donors (Lipinski definition) is 1. The maximum Gasteiger partial charge on any atom is 0.133 e. The third kappa shape index (κ3) is 3.26. The molecule has 4 rings (SSSR count). The Bertz CT molecular complexity index is 975. The molecule has 3 aromatic rings. The average molecular weight is 357 g/mol. The zero-order valence-electron chi connectivity index (χ0n) is 15.7. The van der Waals surface area contributed by atoms with Crippen molar-refractivity contribution < 1.29 is 0 Å². The highest BCUT2D eigenvalue weighted by atomic mass is 15.3. The molecule has 0 spiro atoms. The molecule has 1 aromatic heterocycles. The summed E-state index contributed by atoms with van der Waals surface area (Å²) in [5.41, 5.74) is 6.24. The van der Waals surface area contributed by atoms with Crippen molar-refractivity contribution in [2.45, 2.75) is 19.3 Å². The molecule has 2 aromatic carbocycles. The van der Waals surface area contributed by atoms with E-state index in [4.69, 9.17) is 10.4 Å². The topological polar surface area (TPSA) is 56.9 Å². The summed E-state index contributed by atoms with van der Waals surface area (Å²) in [6.07, 6.45) is 3.33. The maximum atomic E-state index is 9.05. The lowest BCUT2D eigenvalue weighted by molar-refractivity contribution is 0.780. The van der Waals surface area contributed by atoms with Gasteiger partial charge in [0.25, 0.3) is 0 Å². The number of nitrogens with zero attached hydrogens (tertiary/aromatic N) is 4. The van der Waals surface area contributed by atoms with Crippen molar-refractivity contribution in [3.8, 4) is 23.0 Å². The van der Waals surface area contributed by atoms with E-state index in [2.05, 4.69) is 40.6 Å². The highest BCUT2D eigenvalue weighted by Crippen LogP contribution is 2.34. The van der Waals surface area contributed by atoms with Crippen LogP contribution in [0.3, 0.4) is 0 Å². The van der Waals surface area contributed by atoms with Crippen LogP contribution in [0.15, 0.2) is 48.5 Å². The lowest BCUT2D eigenvalue weighted by atomic mass is 10.0. The Morgan fingerprint density at radius 2 is 1.78 bits per heavy atom. The third-order valence-corrected chi connectivity index (χ3v) is 5.03. The molecule has 2 heterocycles. The van der Waals surface area contributed by atoms with Gasteiger partial charge >= 0.3 is 0 Å². The van der Waals surface area contributed by atoms with Crippen LogP contribution in [-0.2, 0) is 6.42 Å². The Labute approximate surface area is 159 Å². The van der Waals surface area contributed by atoms with Crippen LogP contribution in [0.1, 0.15) is 24.0 Å². The molecule has 0 atom stereocenters. The summed E-state index contributed by atoms with van der Waals surface area (Å²) in [7, 11) is 4.09. The molecule has 5 heteroatoms. The van der Waals surface area contributed by atoms with E-state index in [0.29, 0.717) is 5.56 Å². The van der Waals surface area contributed by atoms with Crippen LogP contribution >= 0.6 is 0 Å². The van der Waals surface area contributed by atoms with Gasteiger partial charge in [0, 0.05) is 37.5 Å². The Morgan fingerprint density at radius 1 is 1.04 bits per heavy atom. The minimum atomic E-state index is 0.657. The Balaban J connectivity index is 1.82. The van der Waals surface area contributed by atoms with Crippen LogP contribution in [0.2, 0.25) is 0 Å². The molecule has 0 saturated carbocycles. The summed E-state index contributed by atoms with van der Waals surface area (Å²) in [5.74, 6) is 1.07. The molecule has 0 bridgehead atoms. The second-order valence-electron chi connectivity index (χ2n) is 7.07. The van der Waals surface area contributed by atoms with Gasteiger partial charge in [0.2, 0.25) is 0 Å². The van der Waals surface area contributed by atoms with E-state index in [-0.39, 0.29) is 0 Å². The number of anilines is 2. The van der Waals surface area contributed by atoms with Gasteiger partial charge in [-0.05, 0) is 55.7 Å². The van der Waals surface area contributed by atoms with Gasteiger partial charge in [-0.1, -0.05) is 12.1 Å². The number of aromatic nitrogens is 2. The molecule has 27 heavy (non-hydrogen) atoms. The van der Waals surface area contributed by atoms with Gasteiger partial charge in [-0.3, -0.25) is 0 Å². The van der Waals surface area contributed by atoms with Gasteiger partial charge in [-0.2, -0.15) is 10.4 Å². The Morgan fingerprint density at radius 3 is 2.44 bits per heavy atom. The van der Waals surface area contributed by atoms with E-state index >= 15 is 0 Å². The molecule has 5 nitrogen and oxygen atoms in total. The van der Waals surface area contributed by atoms with Crippen LogP contribution in [0.4, 0.5) is 11.5 Å². The summed E-state index contributed by atoms with van der Waals surface area (Å²) in [6, 6.07) is 18.3. The maximum absolute atomic E-state index is 9.05. The highest BCUT2D eigenvalue weighted by molar-refractivity contribution is 5.72. The zero-order valence-corrected chi connectivity index (χ0v) is 15.7. The molecule has 0 fully saturated rings. The fourth-order valence-electron chi connectivity index (χ4n) is 3.52. The smallest absolute Gasteiger partial charge is 0.133 e. The van der Waals surface area contributed by atoms with Crippen molar-refractivity contribution in [1.29, 1.82) is 5.26 Å². The summed E-state index contributed by atoms with van der Waals surface area (Å²) in [5, 5.41) is 17.6. The van der Waals surface area contributed by atoms with E-state index in [1.807, 2.05) is 43.0 Å². The number of benzene rings is 2. The number of rotatable bonds is 3. The second kappa shape index (κ2) is 7.16. The van der Waals surface area contributed by atoms with Crippen molar-refractivity contribution in [2.75, 3.05) is 30.9 Å². The van der Waals surface area contributed by atoms with Gasteiger partial charge in [-0.15, -0.1) is 0 Å². The highest BCUT2D eigenvalue weighted by Gasteiger charge is 2.21. The first kappa shape index (κ1) is 17.2. The van der Waals surface area contributed by atoms with Crippen LogP contribution in [0, 0.1) is 11.3 Å². The first-order valence-electron chi connectivity index (χ1n) is 9.31. The van der Waals surface area contributed by atoms with Crippen molar-refractivity contribution >= 4 is 11.5 Å². The van der Waals surface area contributed by atoms with Gasteiger partial charge < -0.3 is 10.2 Å². The molecule has 0 amide bonds. The van der Waals surface area contributed by atoms with Crippen LogP contribution in [-0.4, -0.2) is 30.4 Å². The Kier molecular flexibility index (Phi) is 4.55.